The number of carbonyl (C=O) groups excluding carboxylic acids is 1. The van der Waals surface area contributed by atoms with Crippen molar-refractivity contribution in [1.29, 1.82) is 0 Å². The number of carbonyl (C=O) groups is 1. The predicted molar refractivity (Wildman–Crippen MR) is 88.5 cm³/mol. The van der Waals surface area contributed by atoms with Gasteiger partial charge in [-0.05, 0) is 6.07 Å². The molecule has 0 saturated heterocycles. The highest BCUT2D eigenvalue weighted by Gasteiger charge is 2.16. The van der Waals surface area contributed by atoms with Gasteiger partial charge in [0.15, 0.2) is 4.96 Å². The van der Waals surface area contributed by atoms with Gasteiger partial charge < -0.3 is 0 Å². The first-order valence-corrected chi connectivity index (χ1v) is 7.79. The van der Waals surface area contributed by atoms with Crippen LogP contribution in [0.25, 0.3) is 16.2 Å². The van der Waals surface area contributed by atoms with E-state index in [1.165, 1.54) is 11.3 Å². The van der Waals surface area contributed by atoms with Crippen molar-refractivity contribution in [2.45, 2.75) is 0 Å². The van der Waals surface area contributed by atoms with Crippen LogP contribution >= 0.6 is 11.3 Å². The third-order valence-corrected chi connectivity index (χ3v) is 4.14. The summed E-state index contributed by atoms with van der Waals surface area (Å²) in [6.07, 6.45) is 5.02. The van der Waals surface area contributed by atoms with Gasteiger partial charge in [0.05, 0.1) is 5.69 Å². The Morgan fingerprint density at radius 3 is 2.65 bits per heavy atom. The molecule has 1 amide bonds. The number of nitrogens with one attached hydrogen (secondary N) is 1. The molecule has 6 nitrogen and oxygen atoms in total. The number of aromatic nitrogens is 4. The fourth-order valence-corrected chi connectivity index (χ4v) is 3.08. The predicted octanol–water partition coefficient (Wildman–Crippen LogP) is 3.11. The van der Waals surface area contributed by atoms with E-state index in [-0.39, 0.29) is 11.9 Å². The summed E-state index contributed by atoms with van der Waals surface area (Å²) in [4.78, 5) is 25.7. The van der Waals surface area contributed by atoms with Crippen LogP contribution in [0.4, 0.5) is 5.95 Å². The molecule has 0 unspecified atom stereocenters. The number of amides is 1. The maximum Gasteiger partial charge on any atom is 0.275 e. The Bertz CT molecular complexity index is 962. The lowest BCUT2D eigenvalue weighted by atomic mass is 10.2. The highest BCUT2D eigenvalue weighted by Crippen LogP contribution is 2.23. The van der Waals surface area contributed by atoms with Crippen LogP contribution in [0.15, 0.2) is 60.4 Å². The summed E-state index contributed by atoms with van der Waals surface area (Å²) in [6.45, 7) is 0. The lowest BCUT2D eigenvalue weighted by Gasteiger charge is -2.01. The van der Waals surface area contributed by atoms with Gasteiger partial charge in [-0.15, -0.1) is 11.3 Å². The molecule has 4 aromatic rings. The van der Waals surface area contributed by atoms with Crippen molar-refractivity contribution in [2.24, 2.45) is 0 Å². The molecule has 1 N–H and O–H groups in total. The van der Waals surface area contributed by atoms with E-state index in [4.69, 9.17) is 0 Å². The summed E-state index contributed by atoms with van der Waals surface area (Å²) >= 11 is 1.42. The van der Waals surface area contributed by atoms with Crippen LogP contribution in [0.5, 0.6) is 0 Å². The van der Waals surface area contributed by atoms with Gasteiger partial charge in [0.2, 0.25) is 5.95 Å². The zero-order valence-electron chi connectivity index (χ0n) is 11.9. The number of hydrogen-bond acceptors (Lipinski definition) is 5. The van der Waals surface area contributed by atoms with Crippen LogP contribution in [0.3, 0.4) is 0 Å². The number of benzene rings is 1. The van der Waals surface area contributed by atoms with E-state index >= 15 is 0 Å². The normalized spacial score (nSPS) is 10.8. The first kappa shape index (κ1) is 13.6. The van der Waals surface area contributed by atoms with Crippen LogP contribution in [-0.2, 0) is 0 Å². The summed E-state index contributed by atoms with van der Waals surface area (Å²) in [5.41, 5.74) is 2.36. The molecule has 0 saturated carbocycles. The SMILES string of the molecule is O=C(Nc1ncccn1)c1csc2nc(-c3ccccc3)cn12. The van der Waals surface area contributed by atoms with Gasteiger partial charge in [-0.3, -0.25) is 14.5 Å². The first-order chi connectivity index (χ1) is 11.3. The molecule has 0 bridgehead atoms. The van der Waals surface area contributed by atoms with Gasteiger partial charge in [0.25, 0.3) is 5.91 Å². The molecular formula is C16H11N5OS. The summed E-state index contributed by atoms with van der Waals surface area (Å²) in [7, 11) is 0. The van der Waals surface area contributed by atoms with E-state index in [2.05, 4.69) is 20.3 Å². The van der Waals surface area contributed by atoms with Crippen molar-refractivity contribution in [1.82, 2.24) is 19.4 Å². The minimum atomic E-state index is -0.264. The van der Waals surface area contributed by atoms with E-state index in [1.54, 1.807) is 28.2 Å². The van der Waals surface area contributed by atoms with E-state index in [0.29, 0.717) is 5.69 Å². The maximum absolute atomic E-state index is 12.4. The standard InChI is InChI=1S/C16H11N5OS/c22-14(20-15-17-7-4-8-18-15)13-10-23-16-19-12(9-21(13)16)11-5-2-1-3-6-11/h1-10H,(H,17,18,20,22). The molecule has 7 heteroatoms. The minimum Gasteiger partial charge on any atom is -0.289 e. The average Bonchev–Trinajstić information content (AvgIpc) is 3.17. The Morgan fingerprint density at radius 2 is 1.87 bits per heavy atom. The molecule has 0 aliphatic rings. The molecule has 3 aromatic heterocycles. The second kappa shape index (κ2) is 5.62. The monoisotopic (exact) mass is 321 g/mol. The molecule has 0 atom stereocenters. The zero-order chi connectivity index (χ0) is 15.6. The number of anilines is 1. The van der Waals surface area contributed by atoms with Crippen LogP contribution in [0, 0.1) is 0 Å². The Morgan fingerprint density at radius 1 is 1.09 bits per heavy atom. The molecule has 3 heterocycles. The number of nitrogens with zero attached hydrogens (tertiary/aromatic N) is 4. The molecule has 0 aliphatic heterocycles. The van der Waals surface area contributed by atoms with Gasteiger partial charge >= 0.3 is 0 Å². The molecule has 23 heavy (non-hydrogen) atoms. The second-order valence-corrected chi connectivity index (χ2v) is 5.63. The van der Waals surface area contributed by atoms with Crippen molar-refractivity contribution in [3.8, 4) is 11.3 Å². The van der Waals surface area contributed by atoms with Crippen LogP contribution in [0.2, 0.25) is 0 Å². The summed E-state index contributed by atoms with van der Waals surface area (Å²) in [5.74, 6) is 0.0136. The number of hydrogen-bond donors (Lipinski definition) is 1. The van der Waals surface area contributed by atoms with Gasteiger partial charge in [0, 0.05) is 29.5 Å². The van der Waals surface area contributed by atoms with Gasteiger partial charge in [-0.25, -0.2) is 15.0 Å². The van der Waals surface area contributed by atoms with E-state index in [9.17, 15) is 4.79 Å². The van der Waals surface area contributed by atoms with Crippen molar-refractivity contribution in [2.75, 3.05) is 5.32 Å². The zero-order valence-corrected chi connectivity index (χ0v) is 12.7. The molecule has 0 spiro atoms. The van der Waals surface area contributed by atoms with E-state index < -0.39 is 0 Å². The Kier molecular flexibility index (Phi) is 3.32. The Balaban J connectivity index is 1.68. The topological polar surface area (TPSA) is 72.2 Å². The fourth-order valence-electron chi connectivity index (χ4n) is 2.22. The second-order valence-electron chi connectivity index (χ2n) is 4.79. The Labute approximate surface area is 135 Å². The lowest BCUT2D eigenvalue weighted by molar-refractivity contribution is 0.102. The molecule has 0 aliphatic carbocycles. The van der Waals surface area contributed by atoms with E-state index in [1.807, 2.05) is 36.5 Å². The molecule has 0 fully saturated rings. The minimum absolute atomic E-state index is 0.264. The van der Waals surface area contributed by atoms with Crippen LogP contribution in [0.1, 0.15) is 10.5 Å². The van der Waals surface area contributed by atoms with Gasteiger partial charge in [-0.2, -0.15) is 0 Å². The van der Waals surface area contributed by atoms with Crippen molar-refractivity contribution in [3.05, 3.63) is 66.1 Å². The van der Waals surface area contributed by atoms with E-state index in [0.717, 1.165) is 16.2 Å². The first-order valence-electron chi connectivity index (χ1n) is 6.91. The lowest BCUT2D eigenvalue weighted by Crippen LogP contribution is -2.15. The molecule has 112 valence electrons. The molecule has 4 rings (SSSR count). The number of fused-ring (bicyclic) bond motifs is 1. The van der Waals surface area contributed by atoms with Crippen molar-refractivity contribution in [3.63, 3.8) is 0 Å². The van der Waals surface area contributed by atoms with Crippen LogP contribution < -0.4 is 5.32 Å². The largest absolute Gasteiger partial charge is 0.289 e. The highest BCUT2D eigenvalue weighted by molar-refractivity contribution is 7.15. The fraction of sp³-hybridized carbons (Fsp3) is 0. The van der Waals surface area contributed by atoms with Crippen molar-refractivity contribution < 1.29 is 4.79 Å². The van der Waals surface area contributed by atoms with Gasteiger partial charge in [0.1, 0.15) is 5.69 Å². The highest BCUT2D eigenvalue weighted by atomic mass is 32.1. The maximum atomic E-state index is 12.4. The number of thiazole rings is 1. The molecule has 1 aromatic carbocycles. The summed E-state index contributed by atoms with van der Waals surface area (Å²) in [5, 5.41) is 4.46. The van der Waals surface area contributed by atoms with Crippen LogP contribution in [-0.4, -0.2) is 25.3 Å². The number of rotatable bonds is 3. The number of imidazole rings is 1. The van der Waals surface area contributed by atoms with Crippen molar-refractivity contribution >= 4 is 28.2 Å². The third kappa shape index (κ3) is 2.58. The quantitative estimate of drug-likeness (QED) is 0.629. The third-order valence-electron chi connectivity index (χ3n) is 3.30. The molecule has 0 radical (unpaired) electrons. The summed E-state index contributed by atoms with van der Waals surface area (Å²) in [6, 6.07) is 11.6. The average molecular weight is 321 g/mol. The smallest absolute Gasteiger partial charge is 0.275 e. The van der Waals surface area contributed by atoms with Gasteiger partial charge in [-0.1, -0.05) is 30.3 Å². The summed E-state index contributed by atoms with van der Waals surface area (Å²) < 4.78 is 1.78. The molecular weight excluding hydrogens is 310 g/mol. The Hall–Kier alpha value is -3.06.